The van der Waals surface area contributed by atoms with E-state index in [2.05, 4.69) is 121 Å². The minimum Gasteiger partial charge on any atom is -0.277 e. The lowest BCUT2D eigenvalue weighted by atomic mass is 10.0. The van der Waals surface area contributed by atoms with Crippen LogP contribution in [0.1, 0.15) is 22.3 Å². The summed E-state index contributed by atoms with van der Waals surface area (Å²) in [6.45, 7) is 8.53. The highest BCUT2D eigenvalue weighted by atomic mass is 15.1. The maximum absolute atomic E-state index is 4.57. The van der Waals surface area contributed by atoms with E-state index in [9.17, 15) is 0 Å². The Hall–Kier alpha value is -3.92. The van der Waals surface area contributed by atoms with Gasteiger partial charge in [-0.25, -0.2) is 0 Å². The molecule has 4 nitrogen and oxygen atoms in total. The van der Waals surface area contributed by atoms with E-state index >= 15 is 0 Å². The molecule has 0 fully saturated rings. The first-order valence-corrected chi connectivity index (χ1v) is 10.8. The smallest absolute Gasteiger partial charge is 0.0927 e. The quantitative estimate of drug-likeness (QED) is 0.329. The molecule has 2 aromatic heterocycles. The van der Waals surface area contributed by atoms with Crippen molar-refractivity contribution in [2.45, 2.75) is 27.7 Å². The maximum Gasteiger partial charge on any atom is 0.0927 e. The predicted molar refractivity (Wildman–Crippen MR) is 131 cm³/mol. The van der Waals surface area contributed by atoms with Crippen LogP contribution in [0.15, 0.2) is 72.8 Å². The minimum absolute atomic E-state index is 0.921. The highest BCUT2D eigenvalue weighted by Crippen LogP contribution is 2.30. The van der Waals surface area contributed by atoms with Gasteiger partial charge in [-0.1, -0.05) is 42.5 Å². The molecule has 0 aliphatic carbocycles. The first-order chi connectivity index (χ1) is 15.5. The standard InChI is InChI=1S/C28H26N4/c1-17-8-10-23(12-19(17)3)27-15-25(29-31-27)21-6-5-7-22(14-21)26-16-28(32-30-26)24-11-9-18(2)20(4)13-24/h5-16H,1-4H3,(H,29,31)(H,30,32). The van der Waals surface area contributed by atoms with Crippen molar-refractivity contribution in [1.29, 1.82) is 0 Å². The second-order valence-electron chi connectivity index (χ2n) is 8.51. The third-order valence-corrected chi connectivity index (χ3v) is 6.25. The molecule has 5 rings (SSSR count). The van der Waals surface area contributed by atoms with Crippen molar-refractivity contribution >= 4 is 0 Å². The summed E-state index contributed by atoms with van der Waals surface area (Å²) in [5, 5.41) is 15.5. The highest BCUT2D eigenvalue weighted by Gasteiger charge is 2.11. The summed E-state index contributed by atoms with van der Waals surface area (Å²) in [6, 6.07) is 25.5. The Kier molecular flexibility index (Phi) is 4.98. The van der Waals surface area contributed by atoms with Crippen LogP contribution in [0.5, 0.6) is 0 Å². The molecule has 3 aromatic carbocycles. The number of aromatic nitrogens is 4. The Morgan fingerprint density at radius 2 is 0.938 bits per heavy atom. The van der Waals surface area contributed by atoms with Crippen LogP contribution in [-0.2, 0) is 0 Å². The summed E-state index contributed by atoms with van der Waals surface area (Å²) >= 11 is 0. The fourth-order valence-electron chi connectivity index (χ4n) is 3.89. The lowest BCUT2D eigenvalue weighted by Gasteiger charge is -2.03. The number of nitrogens with zero attached hydrogens (tertiary/aromatic N) is 2. The number of benzene rings is 3. The van der Waals surface area contributed by atoms with E-state index in [0.717, 1.165) is 45.0 Å². The van der Waals surface area contributed by atoms with Crippen LogP contribution in [0.4, 0.5) is 0 Å². The second-order valence-corrected chi connectivity index (χ2v) is 8.51. The fraction of sp³-hybridized carbons (Fsp3) is 0.143. The number of aryl methyl sites for hydroxylation is 4. The van der Waals surface area contributed by atoms with E-state index in [0.29, 0.717) is 0 Å². The Bertz CT molecular complexity index is 1320. The second kappa shape index (κ2) is 7.97. The number of nitrogens with one attached hydrogen (secondary N) is 2. The Labute approximate surface area is 188 Å². The van der Waals surface area contributed by atoms with Crippen molar-refractivity contribution in [2.75, 3.05) is 0 Å². The van der Waals surface area contributed by atoms with Gasteiger partial charge in [-0.2, -0.15) is 10.2 Å². The van der Waals surface area contributed by atoms with Crippen LogP contribution in [0, 0.1) is 27.7 Å². The number of H-pyrrole nitrogens is 2. The zero-order valence-electron chi connectivity index (χ0n) is 18.8. The molecule has 0 saturated carbocycles. The van der Waals surface area contributed by atoms with E-state index in [-0.39, 0.29) is 0 Å². The molecule has 2 heterocycles. The Balaban J connectivity index is 1.44. The monoisotopic (exact) mass is 418 g/mol. The lowest BCUT2D eigenvalue weighted by molar-refractivity contribution is 1.09. The number of hydrogen-bond acceptors (Lipinski definition) is 2. The molecule has 0 aliphatic heterocycles. The normalized spacial score (nSPS) is 11.1. The lowest BCUT2D eigenvalue weighted by Crippen LogP contribution is -1.83. The van der Waals surface area contributed by atoms with Crippen molar-refractivity contribution in [3.63, 3.8) is 0 Å². The van der Waals surface area contributed by atoms with Gasteiger partial charge in [0.2, 0.25) is 0 Å². The van der Waals surface area contributed by atoms with Gasteiger partial charge in [0.1, 0.15) is 0 Å². The molecular weight excluding hydrogens is 392 g/mol. The topological polar surface area (TPSA) is 57.4 Å². The summed E-state index contributed by atoms with van der Waals surface area (Å²) in [4.78, 5) is 0. The van der Waals surface area contributed by atoms with E-state index in [4.69, 9.17) is 0 Å². The van der Waals surface area contributed by atoms with Crippen LogP contribution in [0.3, 0.4) is 0 Å². The minimum atomic E-state index is 0.921. The summed E-state index contributed by atoms with van der Waals surface area (Å²) in [5.41, 5.74) is 13.4. The molecule has 158 valence electrons. The average molecular weight is 419 g/mol. The van der Waals surface area contributed by atoms with Gasteiger partial charge in [0, 0.05) is 11.1 Å². The average Bonchev–Trinajstić information content (AvgIpc) is 3.48. The number of hydrogen-bond donors (Lipinski definition) is 2. The SMILES string of the molecule is Cc1ccc(-c2cc(-c3cccc(-c4cc(-c5ccc(C)c(C)c5)[nH]n4)c3)n[nH]2)cc1C. The zero-order valence-corrected chi connectivity index (χ0v) is 18.8. The molecule has 0 radical (unpaired) electrons. The van der Waals surface area contributed by atoms with Crippen molar-refractivity contribution < 1.29 is 0 Å². The largest absolute Gasteiger partial charge is 0.277 e. The van der Waals surface area contributed by atoms with Crippen molar-refractivity contribution in [3.05, 3.63) is 95.1 Å². The van der Waals surface area contributed by atoms with Crippen LogP contribution < -0.4 is 0 Å². The Morgan fingerprint density at radius 1 is 0.469 bits per heavy atom. The molecule has 0 unspecified atom stereocenters. The Morgan fingerprint density at radius 3 is 1.38 bits per heavy atom. The fourth-order valence-corrected chi connectivity index (χ4v) is 3.89. The molecule has 0 spiro atoms. The molecule has 32 heavy (non-hydrogen) atoms. The first kappa shape index (κ1) is 20.0. The van der Waals surface area contributed by atoms with Crippen molar-refractivity contribution in [3.8, 4) is 45.0 Å². The molecule has 5 aromatic rings. The molecule has 0 atom stereocenters. The number of rotatable bonds is 4. The summed E-state index contributed by atoms with van der Waals surface area (Å²) in [5.74, 6) is 0. The maximum atomic E-state index is 4.57. The summed E-state index contributed by atoms with van der Waals surface area (Å²) in [6.07, 6.45) is 0. The van der Waals surface area contributed by atoms with Gasteiger partial charge in [-0.3, -0.25) is 10.2 Å². The third kappa shape index (κ3) is 3.76. The van der Waals surface area contributed by atoms with Crippen molar-refractivity contribution in [1.82, 2.24) is 20.4 Å². The number of aromatic amines is 2. The van der Waals surface area contributed by atoms with E-state index < -0.39 is 0 Å². The van der Waals surface area contributed by atoms with Gasteiger partial charge < -0.3 is 0 Å². The molecule has 4 heteroatoms. The van der Waals surface area contributed by atoms with Crippen LogP contribution in [0.2, 0.25) is 0 Å². The van der Waals surface area contributed by atoms with Gasteiger partial charge in [0.05, 0.1) is 22.8 Å². The molecule has 0 saturated heterocycles. The van der Waals surface area contributed by atoms with E-state index in [1.54, 1.807) is 0 Å². The van der Waals surface area contributed by atoms with Gasteiger partial charge in [-0.15, -0.1) is 0 Å². The van der Waals surface area contributed by atoms with Crippen LogP contribution in [-0.4, -0.2) is 20.4 Å². The molecular formula is C28H26N4. The first-order valence-electron chi connectivity index (χ1n) is 10.8. The highest BCUT2D eigenvalue weighted by molar-refractivity contribution is 5.75. The van der Waals surface area contributed by atoms with Gasteiger partial charge in [-0.05, 0) is 91.4 Å². The van der Waals surface area contributed by atoms with Crippen LogP contribution >= 0.6 is 0 Å². The van der Waals surface area contributed by atoms with Gasteiger partial charge >= 0.3 is 0 Å². The van der Waals surface area contributed by atoms with Crippen LogP contribution in [0.25, 0.3) is 45.0 Å². The van der Waals surface area contributed by atoms with Gasteiger partial charge in [0.15, 0.2) is 0 Å². The van der Waals surface area contributed by atoms with E-state index in [1.807, 2.05) is 0 Å². The molecule has 2 N–H and O–H groups in total. The van der Waals surface area contributed by atoms with Crippen molar-refractivity contribution in [2.24, 2.45) is 0 Å². The summed E-state index contributed by atoms with van der Waals surface area (Å²) in [7, 11) is 0. The van der Waals surface area contributed by atoms with E-state index in [1.165, 1.54) is 22.3 Å². The summed E-state index contributed by atoms with van der Waals surface area (Å²) < 4.78 is 0. The zero-order chi connectivity index (χ0) is 22.2. The molecule has 0 aliphatic rings. The predicted octanol–water partition coefficient (Wildman–Crippen LogP) is 7.03. The molecule has 0 amide bonds. The third-order valence-electron chi connectivity index (χ3n) is 6.25. The molecule has 0 bridgehead atoms. The van der Waals surface area contributed by atoms with Gasteiger partial charge in [0.25, 0.3) is 0 Å².